The average molecular weight is 372 g/mol. The molecule has 0 spiro atoms. The Morgan fingerprint density at radius 1 is 1.30 bits per heavy atom. The molecule has 27 heavy (non-hydrogen) atoms. The van der Waals surface area contributed by atoms with Crippen LogP contribution in [0.4, 0.5) is 5.69 Å². The van der Waals surface area contributed by atoms with Crippen LogP contribution in [0.2, 0.25) is 0 Å². The van der Waals surface area contributed by atoms with Crippen molar-refractivity contribution >= 4 is 17.5 Å². The molecule has 6 N–H and O–H groups in total. The van der Waals surface area contributed by atoms with Crippen LogP contribution in [-0.2, 0) is 4.79 Å². The predicted molar refractivity (Wildman–Crippen MR) is 106 cm³/mol. The third-order valence-electron chi connectivity index (χ3n) is 3.73. The molecule has 0 aromatic heterocycles. The molecule has 0 bridgehead atoms. The van der Waals surface area contributed by atoms with Gasteiger partial charge in [-0.3, -0.25) is 14.8 Å². The number of rotatable bonds is 9. The van der Waals surface area contributed by atoms with Crippen molar-refractivity contribution in [2.75, 3.05) is 11.9 Å². The first-order valence-corrected chi connectivity index (χ1v) is 8.71. The van der Waals surface area contributed by atoms with Gasteiger partial charge in [0, 0.05) is 23.3 Å². The van der Waals surface area contributed by atoms with Gasteiger partial charge in [0.2, 0.25) is 0 Å². The van der Waals surface area contributed by atoms with E-state index >= 15 is 0 Å². The van der Waals surface area contributed by atoms with E-state index in [4.69, 9.17) is 10.9 Å². The fraction of sp³-hybridized carbons (Fsp3) is 0.400. The van der Waals surface area contributed by atoms with Gasteiger partial charge in [-0.2, -0.15) is 0 Å². The first kappa shape index (κ1) is 22.2. The zero-order valence-electron chi connectivity index (χ0n) is 16.0. The molecule has 0 fully saturated rings. The second-order valence-electron chi connectivity index (χ2n) is 6.78. The molecule has 2 amide bonds. The smallest absolute Gasteiger partial charge is 0.265 e. The van der Waals surface area contributed by atoms with Crippen molar-refractivity contribution in [1.82, 2.24) is 10.8 Å². The minimum Gasteiger partial charge on any atom is -0.382 e. The molecule has 0 saturated carbocycles. The van der Waals surface area contributed by atoms with Crippen molar-refractivity contribution in [2.24, 2.45) is 5.73 Å². The summed E-state index contributed by atoms with van der Waals surface area (Å²) in [6.07, 6.45) is 4.48. The van der Waals surface area contributed by atoms with Gasteiger partial charge in [0.25, 0.3) is 11.8 Å². The van der Waals surface area contributed by atoms with Crippen LogP contribution in [0.5, 0.6) is 0 Å². The molecule has 1 aromatic rings. The Hall–Kier alpha value is -2.82. The lowest BCUT2D eigenvalue weighted by Crippen LogP contribution is -2.47. The number of nitrogens with one attached hydrogen (secondary N) is 3. The van der Waals surface area contributed by atoms with E-state index in [0.717, 1.165) is 5.69 Å². The van der Waals surface area contributed by atoms with Crippen molar-refractivity contribution in [3.05, 3.63) is 42.0 Å². The molecule has 1 atom stereocenters. The summed E-state index contributed by atoms with van der Waals surface area (Å²) >= 11 is 0. The highest BCUT2D eigenvalue weighted by atomic mass is 16.5. The molecule has 7 heteroatoms. The van der Waals surface area contributed by atoms with E-state index in [2.05, 4.69) is 22.5 Å². The SMILES string of the molecule is CC#C/C=C/CNc1ccc(C(=O)NC(CCC(C)(C)N)C(=O)NO)cc1. The number of anilines is 1. The topological polar surface area (TPSA) is 116 Å². The lowest BCUT2D eigenvalue weighted by atomic mass is 9.96. The fourth-order valence-corrected chi connectivity index (χ4v) is 2.22. The molecule has 146 valence electrons. The maximum Gasteiger partial charge on any atom is 0.265 e. The van der Waals surface area contributed by atoms with E-state index in [1.54, 1.807) is 42.7 Å². The number of amides is 2. The maximum atomic E-state index is 12.4. The lowest BCUT2D eigenvalue weighted by Gasteiger charge is -2.22. The second-order valence-corrected chi connectivity index (χ2v) is 6.78. The van der Waals surface area contributed by atoms with Gasteiger partial charge in [-0.05, 0) is 64.0 Å². The van der Waals surface area contributed by atoms with Crippen LogP contribution >= 0.6 is 0 Å². The van der Waals surface area contributed by atoms with E-state index in [1.807, 2.05) is 19.9 Å². The first-order chi connectivity index (χ1) is 12.8. The molecule has 1 rings (SSSR count). The normalized spacial score (nSPS) is 12.0. The molecular weight excluding hydrogens is 344 g/mol. The van der Waals surface area contributed by atoms with Crippen LogP contribution in [-0.4, -0.2) is 35.1 Å². The molecule has 1 unspecified atom stereocenters. The highest BCUT2D eigenvalue weighted by Gasteiger charge is 2.23. The standard InChI is InChI=1S/C20H28N4O3/c1-4-5-6-7-14-22-16-10-8-15(9-11-16)18(25)23-17(19(26)24-27)12-13-20(2,3)21/h6-11,17,22,27H,12-14,21H2,1-3H3,(H,23,25)(H,24,26)/b7-6+. The van der Waals surface area contributed by atoms with Crippen LogP contribution in [0.15, 0.2) is 36.4 Å². The van der Waals surface area contributed by atoms with Gasteiger partial charge >= 0.3 is 0 Å². The molecular formula is C20H28N4O3. The van der Waals surface area contributed by atoms with E-state index < -0.39 is 23.4 Å². The molecule has 0 aliphatic carbocycles. The maximum absolute atomic E-state index is 12.4. The fourth-order valence-electron chi connectivity index (χ4n) is 2.22. The number of hydroxylamine groups is 1. The summed E-state index contributed by atoms with van der Waals surface area (Å²) in [6, 6.07) is 6.01. The summed E-state index contributed by atoms with van der Waals surface area (Å²) < 4.78 is 0. The van der Waals surface area contributed by atoms with Crippen molar-refractivity contribution in [1.29, 1.82) is 0 Å². The zero-order chi connectivity index (χ0) is 20.3. The highest BCUT2D eigenvalue weighted by molar-refractivity contribution is 5.97. The molecule has 0 saturated heterocycles. The van der Waals surface area contributed by atoms with Crippen LogP contribution in [0, 0.1) is 11.8 Å². The van der Waals surface area contributed by atoms with Gasteiger partial charge in [-0.25, -0.2) is 5.48 Å². The Morgan fingerprint density at radius 3 is 2.52 bits per heavy atom. The Morgan fingerprint density at radius 2 is 1.96 bits per heavy atom. The number of benzene rings is 1. The Balaban J connectivity index is 2.67. The quantitative estimate of drug-likeness (QED) is 0.257. The van der Waals surface area contributed by atoms with Gasteiger partial charge in [-0.1, -0.05) is 12.0 Å². The van der Waals surface area contributed by atoms with E-state index in [-0.39, 0.29) is 0 Å². The molecule has 1 aromatic carbocycles. The van der Waals surface area contributed by atoms with Gasteiger partial charge in [0.15, 0.2) is 0 Å². The summed E-state index contributed by atoms with van der Waals surface area (Å²) in [7, 11) is 0. The largest absolute Gasteiger partial charge is 0.382 e. The minimum atomic E-state index is -0.868. The third-order valence-corrected chi connectivity index (χ3v) is 3.73. The number of carbonyl (C=O) groups excluding carboxylic acids is 2. The number of hydrogen-bond acceptors (Lipinski definition) is 5. The van der Waals surface area contributed by atoms with Crippen LogP contribution in [0.25, 0.3) is 0 Å². The van der Waals surface area contributed by atoms with E-state index in [1.165, 1.54) is 0 Å². The summed E-state index contributed by atoms with van der Waals surface area (Å²) in [6.45, 7) is 6.05. The third kappa shape index (κ3) is 8.90. The molecule has 0 aliphatic heterocycles. The number of hydrogen-bond donors (Lipinski definition) is 5. The molecule has 0 aliphatic rings. The van der Waals surface area contributed by atoms with Gasteiger partial charge < -0.3 is 16.4 Å². The Bertz CT molecular complexity index is 709. The lowest BCUT2D eigenvalue weighted by molar-refractivity contribution is -0.131. The van der Waals surface area contributed by atoms with Crippen LogP contribution < -0.4 is 21.8 Å². The van der Waals surface area contributed by atoms with Crippen molar-refractivity contribution in [3.63, 3.8) is 0 Å². The van der Waals surface area contributed by atoms with E-state index in [9.17, 15) is 9.59 Å². The van der Waals surface area contributed by atoms with E-state index in [0.29, 0.717) is 24.9 Å². The van der Waals surface area contributed by atoms with Crippen LogP contribution in [0.3, 0.4) is 0 Å². The highest BCUT2D eigenvalue weighted by Crippen LogP contribution is 2.12. The predicted octanol–water partition coefficient (Wildman–Crippen LogP) is 1.80. The van der Waals surface area contributed by atoms with Crippen molar-refractivity contribution < 1.29 is 14.8 Å². The second kappa shape index (κ2) is 11.0. The zero-order valence-corrected chi connectivity index (χ0v) is 16.0. The number of allylic oxidation sites excluding steroid dienone is 1. The summed E-state index contributed by atoms with van der Waals surface area (Å²) in [5.41, 5.74) is 8.30. The number of nitrogens with two attached hydrogens (primary N) is 1. The molecule has 0 heterocycles. The van der Waals surface area contributed by atoms with Crippen LogP contribution in [0.1, 0.15) is 44.0 Å². The Labute approximate surface area is 160 Å². The summed E-state index contributed by atoms with van der Waals surface area (Å²) in [5, 5.41) is 14.7. The van der Waals surface area contributed by atoms with Gasteiger partial charge in [0.05, 0.1) is 0 Å². The van der Waals surface area contributed by atoms with Crippen molar-refractivity contribution in [3.8, 4) is 11.8 Å². The molecule has 7 nitrogen and oxygen atoms in total. The van der Waals surface area contributed by atoms with Gasteiger partial charge in [0.1, 0.15) is 6.04 Å². The number of carbonyl (C=O) groups is 2. The first-order valence-electron chi connectivity index (χ1n) is 8.71. The molecule has 0 radical (unpaired) electrons. The summed E-state index contributed by atoms with van der Waals surface area (Å²) in [5.74, 6) is 4.53. The monoisotopic (exact) mass is 372 g/mol. The minimum absolute atomic E-state index is 0.314. The van der Waals surface area contributed by atoms with Crippen molar-refractivity contribution in [2.45, 2.75) is 45.2 Å². The van der Waals surface area contributed by atoms with Gasteiger partial charge in [-0.15, -0.1) is 5.92 Å². The average Bonchev–Trinajstić information content (AvgIpc) is 2.64. The Kier molecular flexibility index (Phi) is 9.06. The summed E-state index contributed by atoms with van der Waals surface area (Å²) in [4.78, 5) is 24.2.